The number of carboxylic acids is 2. The first kappa shape index (κ1) is 72.6. The summed E-state index contributed by atoms with van der Waals surface area (Å²) in [4.78, 5) is 23.4. The Morgan fingerprint density at radius 1 is 0.342 bits per heavy atom. The van der Waals surface area contributed by atoms with E-state index in [1.54, 1.807) is 0 Å². The van der Waals surface area contributed by atoms with E-state index in [4.69, 9.17) is 12.2 Å². The fourth-order valence-corrected chi connectivity index (χ4v) is 10.2. The summed E-state index contributed by atoms with van der Waals surface area (Å²) in [5.74, 6) is 0.426. The molecule has 4 nitrogen and oxygen atoms in total. The molecule has 428 valence electrons. The van der Waals surface area contributed by atoms with Gasteiger partial charge in [0.1, 0.15) is 3.53 Å². The van der Waals surface area contributed by atoms with Gasteiger partial charge < -0.3 is 10.2 Å². The van der Waals surface area contributed by atoms with E-state index in [9.17, 15) is 19.8 Å². The highest BCUT2D eigenvalue weighted by molar-refractivity contribution is 8.47. The Morgan fingerprint density at radius 3 is 0.908 bits per heavy atom. The Balaban J connectivity index is 5.42. The van der Waals surface area contributed by atoms with E-state index in [1.807, 2.05) is 51.2 Å². The molecule has 0 heterocycles. The maximum atomic E-state index is 11.7. The second-order valence-corrected chi connectivity index (χ2v) is 26.9. The molecular formula is C69H110O4S3. The molecule has 7 heteroatoms. The second kappa shape index (κ2) is 42.5. The van der Waals surface area contributed by atoms with E-state index in [1.165, 1.54) is 66.9 Å². The number of thiocarbonyl (C=S) groups is 1. The normalized spacial score (nSPS) is 13.7. The molecule has 0 atom stereocenters. The lowest BCUT2D eigenvalue weighted by atomic mass is 9.87. The Bertz CT molecular complexity index is 1990. The zero-order valence-corrected chi connectivity index (χ0v) is 53.8. The first-order chi connectivity index (χ1) is 35.7. The number of rotatable bonds is 40. The summed E-state index contributed by atoms with van der Waals surface area (Å²) in [6.07, 6.45) is 50.1. The largest absolute Gasteiger partial charge is 0.481 e. The Kier molecular flexibility index (Phi) is 40.6. The SMILES string of the molecule is CC(C)=CCC/C(=C\CC(C)(C)C(=O)O)CC/C(C)=C\CC/C(C)=C\CC/C=C(\CCC=C(C)C)CSC(=S)SC/C(=C/CC/C=C(/C)CC/C=C(/C)CC/C(=C/CC(C)(C)C(=O)O)CCC=C(C)C)CCC=C(C)C. The van der Waals surface area contributed by atoms with Crippen molar-refractivity contribution >= 4 is 51.2 Å². The van der Waals surface area contributed by atoms with Crippen molar-refractivity contribution < 1.29 is 19.8 Å². The molecule has 0 amide bonds. The van der Waals surface area contributed by atoms with Gasteiger partial charge in [-0.2, -0.15) is 0 Å². The van der Waals surface area contributed by atoms with Crippen LogP contribution in [0.3, 0.4) is 0 Å². The molecule has 0 aliphatic carbocycles. The van der Waals surface area contributed by atoms with Crippen molar-refractivity contribution in [2.24, 2.45) is 10.8 Å². The Hall–Kier alpha value is -3.39. The van der Waals surface area contributed by atoms with Crippen molar-refractivity contribution in [2.45, 2.75) is 252 Å². The van der Waals surface area contributed by atoms with Crippen LogP contribution in [0.1, 0.15) is 252 Å². The molecular weight excluding hydrogens is 989 g/mol. The zero-order valence-electron chi connectivity index (χ0n) is 51.3. The van der Waals surface area contributed by atoms with Crippen LogP contribution in [0.25, 0.3) is 0 Å². The maximum Gasteiger partial charge on any atom is 0.309 e. The molecule has 0 saturated heterocycles. The van der Waals surface area contributed by atoms with Gasteiger partial charge in [-0.25, -0.2) is 0 Å². The van der Waals surface area contributed by atoms with Crippen LogP contribution in [-0.4, -0.2) is 37.2 Å². The zero-order chi connectivity index (χ0) is 57.5. The molecule has 0 fully saturated rings. The summed E-state index contributed by atoms with van der Waals surface area (Å²) >= 11 is 9.68. The fraction of sp³-hybridized carbons (Fsp3) is 0.609. The average molecular weight is 1100 g/mol. The fourth-order valence-electron chi connectivity index (χ4n) is 8.08. The highest BCUT2D eigenvalue weighted by Crippen LogP contribution is 2.29. The Morgan fingerprint density at radius 2 is 0.605 bits per heavy atom. The molecule has 76 heavy (non-hydrogen) atoms. The molecule has 0 aromatic carbocycles. The minimum Gasteiger partial charge on any atom is -0.481 e. The number of hydrogen-bond acceptors (Lipinski definition) is 5. The lowest BCUT2D eigenvalue weighted by Crippen LogP contribution is -2.22. The number of thioether (sulfide) groups is 2. The molecule has 0 saturated carbocycles. The highest BCUT2D eigenvalue weighted by atomic mass is 32.2. The topological polar surface area (TPSA) is 74.6 Å². The first-order valence-electron chi connectivity index (χ1n) is 28.9. The van der Waals surface area contributed by atoms with Crippen molar-refractivity contribution in [1.82, 2.24) is 0 Å². The molecule has 0 bridgehead atoms. The van der Waals surface area contributed by atoms with Gasteiger partial charge >= 0.3 is 11.9 Å². The minimum atomic E-state index is -0.746. The van der Waals surface area contributed by atoms with Gasteiger partial charge in [-0.15, -0.1) is 23.5 Å². The van der Waals surface area contributed by atoms with Gasteiger partial charge in [0.2, 0.25) is 0 Å². The van der Waals surface area contributed by atoms with Gasteiger partial charge in [-0.3, -0.25) is 9.59 Å². The van der Waals surface area contributed by atoms with Crippen molar-refractivity contribution in [3.63, 3.8) is 0 Å². The standard InChI is InChI=1S/C69H110O4S3/c1-53(2)27-21-39-61(47-49-68(13,14)65(70)71)45-43-59(11)35-25-33-57(9)31-17-19-37-63(41-23-29-55(5)6)51-75-67(74)76-52-64(42-24-30-56(7)8)38-20-18-32-58(10)34-26-36-60(12)44-46-62(40-22-28-54(3)4)48-50-69(15,16)66(72)73/h27-32,35-38,47-48H,17-26,33-34,39-46,49-52H2,1-16H3,(H,70,71)(H,72,73)/b57-31-,58-32-,59-35-,60-36-,61-47+,62-48+,63-37+,64-38+. The van der Waals surface area contributed by atoms with E-state index in [0.717, 1.165) is 143 Å². The number of allylic oxidation sites excluding steroid dienone is 22. The number of aliphatic carboxylic acids is 2. The molecule has 0 rings (SSSR count). The number of hydrogen-bond donors (Lipinski definition) is 2. The summed E-state index contributed by atoms with van der Waals surface area (Å²) in [5.41, 5.74) is 15.4. The molecule has 0 aliphatic heterocycles. The van der Waals surface area contributed by atoms with Crippen LogP contribution in [0.4, 0.5) is 0 Å². The minimum absolute atomic E-state index is 0.564. The van der Waals surface area contributed by atoms with E-state index < -0.39 is 22.8 Å². The molecule has 2 N–H and O–H groups in total. The highest BCUT2D eigenvalue weighted by Gasteiger charge is 2.26. The van der Waals surface area contributed by atoms with Crippen LogP contribution < -0.4 is 0 Å². The summed E-state index contributed by atoms with van der Waals surface area (Å²) in [5, 5.41) is 19.3. The lowest BCUT2D eigenvalue weighted by molar-refractivity contribution is -0.147. The molecule has 0 aromatic heterocycles. The predicted octanol–water partition coefficient (Wildman–Crippen LogP) is 22.9. The van der Waals surface area contributed by atoms with Crippen LogP contribution in [-0.2, 0) is 9.59 Å². The second-order valence-electron chi connectivity index (χ2n) is 23.8. The molecule has 0 spiro atoms. The predicted molar refractivity (Wildman–Crippen MR) is 347 cm³/mol. The van der Waals surface area contributed by atoms with E-state index in [0.29, 0.717) is 12.8 Å². The third-order valence-corrected chi connectivity index (χ3v) is 16.6. The van der Waals surface area contributed by atoms with E-state index >= 15 is 0 Å². The number of carboxylic acid groups (broad SMARTS) is 2. The van der Waals surface area contributed by atoms with Crippen LogP contribution in [0.15, 0.2) is 140 Å². The summed E-state index contributed by atoms with van der Waals surface area (Å²) in [7, 11) is 0. The van der Waals surface area contributed by atoms with Gasteiger partial charge in [-0.05, 0) is 252 Å². The van der Waals surface area contributed by atoms with Crippen LogP contribution >= 0.6 is 35.7 Å². The van der Waals surface area contributed by atoms with Gasteiger partial charge in [0.25, 0.3) is 0 Å². The van der Waals surface area contributed by atoms with Crippen LogP contribution in [0.2, 0.25) is 0 Å². The molecule has 0 aromatic rings. The van der Waals surface area contributed by atoms with Crippen molar-refractivity contribution in [1.29, 1.82) is 0 Å². The molecule has 0 radical (unpaired) electrons. The van der Waals surface area contributed by atoms with Gasteiger partial charge in [0.05, 0.1) is 10.8 Å². The van der Waals surface area contributed by atoms with Crippen molar-refractivity contribution in [3.8, 4) is 0 Å². The summed E-state index contributed by atoms with van der Waals surface area (Å²) in [6, 6.07) is 0. The van der Waals surface area contributed by atoms with Gasteiger partial charge in [-0.1, -0.05) is 152 Å². The van der Waals surface area contributed by atoms with Gasteiger partial charge in [0.15, 0.2) is 0 Å². The third-order valence-electron chi connectivity index (χ3n) is 13.7. The van der Waals surface area contributed by atoms with Crippen LogP contribution in [0.5, 0.6) is 0 Å². The monoisotopic (exact) mass is 1100 g/mol. The molecule has 0 unspecified atom stereocenters. The van der Waals surface area contributed by atoms with E-state index in [-0.39, 0.29) is 0 Å². The third kappa shape index (κ3) is 41.7. The summed E-state index contributed by atoms with van der Waals surface area (Å²) < 4.78 is 1.04. The van der Waals surface area contributed by atoms with Crippen LogP contribution in [0, 0.1) is 10.8 Å². The van der Waals surface area contributed by atoms with Crippen molar-refractivity contribution in [2.75, 3.05) is 11.5 Å². The average Bonchev–Trinajstić information content (AvgIpc) is 3.32. The quantitative estimate of drug-likeness (QED) is 0.0360. The lowest BCUT2D eigenvalue weighted by Gasteiger charge is -2.18. The smallest absolute Gasteiger partial charge is 0.309 e. The van der Waals surface area contributed by atoms with E-state index in [2.05, 4.69) is 156 Å². The first-order valence-corrected chi connectivity index (χ1v) is 31.2. The van der Waals surface area contributed by atoms with Crippen molar-refractivity contribution in [3.05, 3.63) is 140 Å². The number of unbranched alkanes of at least 4 members (excludes halogenated alkanes) is 2. The Labute approximate surface area is 482 Å². The molecule has 0 aliphatic rings. The number of carbonyl (C=O) groups is 2. The van der Waals surface area contributed by atoms with Gasteiger partial charge in [0, 0.05) is 11.5 Å². The summed E-state index contributed by atoms with van der Waals surface area (Å²) in [6.45, 7) is 33.5. The maximum absolute atomic E-state index is 11.7.